The SMILES string of the molecule is CCCN([SiH3])CCN(CCC)CCC. The van der Waals surface area contributed by atoms with Crippen LogP contribution >= 0.6 is 0 Å². The van der Waals surface area contributed by atoms with E-state index in [9.17, 15) is 0 Å². The molecule has 0 atom stereocenters. The molecule has 0 spiro atoms. The Morgan fingerprint density at radius 2 is 1.21 bits per heavy atom. The largest absolute Gasteiger partial charge is 0.331 e. The molecule has 0 aromatic rings. The zero-order chi connectivity index (χ0) is 10.8. The maximum absolute atomic E-state index is 2.60. The molecule has 0 rings (SSSR count). The molecule has 0 saturated heterocycles. The Hall–Kier alpha value is 0.137. The second-order valence-electron chi connectivity index (χ2n) is 4.14. The molecule has 0 aromatic carbocycles. The van der Waals surface area contributed by atoms with Crippen molar-refractivity contribution >= 4 is 10.4 Å². The number of nitrogens with zero attached hydrogens (tertiary/aromatic N) is 2. The van der Waals surface area contributed by atoms with Gasteiger partial charge in [-0.15, -0.1) is 0 Å². The minimum atomic E-state index is 1.22. The van der Waals surface area contributed by atoms with E-state index in [4.69, 9.17) is 0 Å². The summed E-state index contributed by atoms with van der Waals surface area (Å²) < 4.78 is 2.57. The van der Waals surface area contributed by atoms with Gasteiger partial charge in [0.05, 0.1) is 10.4 Å². The van der Waals surface area contributed by atoms with Gasteiger partial charge in [-0.1, -0.05) is 20.8 Å². The molecule has 0 aliphatic heterocycles. The number of hydrogen-bond donors (Lipinski definition) is 0. The molecule has 3 heteroatoms. The summed E-state index contributed by atoms with van der Waals surface area (Å²) in [6.45, 7) is 13.2. The highest BCUT2D eigenvalue weighted by Gasteiger charge is 2.03. The maximum Gasteiger partial charge on any atom is 0.0785 e. The van der Waals surface area contributed by atoms with Crippen molar-refractivity contribution in [1.29, 1.82) is 0 Å². The van der Waals surface area contributed by atoms with Crippen molar-refractivity contribution in [3.63, 3.8) is 0 Å². The summed E-state index contributed by atoms with van der Waals surface area (Å²) in [6, 6.07) is 0. The van der Waals surface area contributed by atoms with Crippen LogP contribution in [0.15, 0.2) is 0 Å². The molecule has 0 aliphatic rings. The predicted octanol–water partition coefficient (Wildman–Crippen LogP) is 1.10. The minimum absolute atomic E-state index is 1.22. The third kappa shape index (κ3) is 7.53. The Balaban J connectivity index is 3.57. The molecule has 0 amide bonds. The highest BCUT2D eigenvalue weighted by molar-refractivity contribution is 6.04. The molecular formula is C11H28N2Si. The molecule has 2 nitrogen and oxygen atoms in total. The molecule has 0 fully saturated rings. The second kappa shape index (κ2) is 9.68. The standard InChI is InChI=1S/C11H28N2Si/c1-4-7-12(8-5-2)10-11-13(14)9-6-3/h4-11H2,1-3,14H3. The zero-order valence-electron chi connectivity index (χ0n) is 10.6. The Bertz CT molecular complexity index is 114. The maximum atomic E-state index is 2.60. The first-order chi connectivity index (χ1) is 6.74. The van der Waals surface area contributed by atoms with Crippen molar-refractivity contribution in [2.75, 3.05) is 32.7 Å². The molecule has 0 unspecified atom stereocenters. The molecule has 0 saturated carbocycles. The molecule has 14 heavy (non-hydrogen) atoms. The van der Waals surface area contributed by atoms with Crippen LogP contribution in [0.4, 0.5) is 0 Å². The molecule has 86 valence electrons. The van der Waals surface area contributed by atoms with E-state index in [1.165, 1.54) is 62.4 Å². The van der Waals surface area contributed by atoms with E-state index in [-0.39, 0.29) is 0 Å². The molecule has 0 N–H and O–H groups in total. The molecular weight excluding hydrogens is 188 g/mol. The lowest BCUT2D eigenvalue weighted by Gasteiger charge is -2.24. The van der Waals surface area contributed by atoms with Gasteiger partial charge in [0.1, 0.15) is 0 Å². The summed E-state index contributed by atoms with van der Waals surface area (Å²) in [5.74, 6) is 0. The van der Waals surface area contributed by atoms with Crippen LogP contribution in [0.2, 0.25) is 0 Å². The average Bonchev–Trinajstić information content (AvgIpc) is 2.15. The van der Waals surface area contributed by atoms with Gasteiger partial charge in [-0.3, -0.25) is 0 Å². The van der Waals surface area contributed by atoms with Gasteiger partial charge in [0.25, 0.3) is 0 Å². The summed E-state index contributed by atoms with van der Waals surface area (Å²) >= 11 is 0. The van der Waals surface area contributed by atoms with Crippen LogP contribution in [0, 0.1) is 0 Å². The summed E-state index contributed by atoms with van der Waals surface area (Å²) in [6.07, 6.45) is 3.87. The number of rotatable bonds is 9. The summed E-state index contributed by atoms with van der Waals surface area (Å²) in [7, 11) is 1.22. The summed E-state index contributed by atoms with van der Waals surface area (Å²) in [4.78, 5) is 2.60. The van der Waals surface area contributed by atoms with Crippen molar-refractivity contribution in [2.45, 2.75) is 40.0 Å². The second-order valence-corrected chi connectivity index (χ2v) is 5.41. The van der Waals surface area contributed by atoms with Crippen LogP contribution in [0.5, 0.6) is 0 Å². The molecule has 0 bridgehead atoms. The first kappa shape index (κ1) is 14.1. The van der Waals surface area contributed by atoms with E-state index in [2.05, 4.69) is 30.2 Å². The van der Waals surface area contributed by atoms with E-state index in [0.717, 1.165) is 0 Å². The van der Waals surface area contributed by atoms with Gasteiger partial charge in [-0.2, -0.15) is 0 Å². The van der Waals surface area contributed by atoms with E-state index in [0.29, 0.717) is 0 Å². The van der Waals surface area contributed by atoms with Crippen LogP contribution in [0.25, 0.3) is 0 Å². The molecule has 0 aliphatic carbocycles. The van der Waals surface area contributed by atoms with Crippen LogP contribution in [0.3, 0.4) is 0 Å². The molecule has 0 aromatic heterocycles. The van der Waals surface area contributed by atoms with Crippen LogP contribution < -0.4 is 0 Å². The van der Waals surface area contributed by atoms with Crippen molar-refractivity contribution in [3.8, 4) is 0 Å². The third-order valence-electron chi connectivity index (χ3n) is 2.48. The van der Waals surface area contributed by atoms with Gasteiger partial charge in [0.15, 0.2) is 0 Å². The van der Waals surface area contributed by atoms with Crippen molar-refractivity contribution in [3.05, 3.63) is 0 Å². The highest BCUT2D eigenvalue weighted by atomic mass is 28.2. The van der Waals surface area contributed by atoms with E-state index < -0.39 is 0 Å². The Kier molecular flexibility index (Phi) is 9.78. The Morgan fingerprint density at radius 3 is 1.64 bits per heavy atom. The van der Waals surface area contributed by atoms with Gasteiger partial charge in [0.2, 0.25) is 0 Å². The van der Waals surface area contributed by atoms with Crippen molar-refractivity contribution in [2.24, 2.45) is 0 Å². The molecule has 0 radical (unpaired) electrons. The zero-order valence-corrected chi connectivity index (χ0v) is 12.6. The van der Waals surface area contributed by atoms with Crippen LogP contribution in [-0.4, -0.2) is 52.6 Å². The molecule has 0 heterocycles. The lowest BCUT2D eigenvalue weighted by atomic mass is 10.3. The van der Waals surface area contributed by atoms with Crippen molar-refractivity contribution in [1.82, 2.24) is 9.47 Å². The predicted molar refractivity (Wildman–Crippen MR) is 68.8 cm³/mol. The summed E-state index contributed by atoms with van der Waals surface area (Å²) in [5, 5.41) is 0. The lowest BCUT2D eigenvalue weighted by molar-refractivity contribution is 0.252. The fourth-order valence-electron chi connectivity index (χ4n) is 1.77. The Labute approximate surface area is 93.2 Å². The van der Waals surface area contributed by atoms with Gasteiger partial charge in [-0.25, -0.2) is 0 Å². The van der Waals surface area contributed by atoms with E-state index >= 15 is 0 Å². The first-order valence-electron chi connectivity index (χ1n) is 6.15. The Morgan fingerprint density at radius 1 is 0.714 bits per heavy atom. The van der Waals surface area contributed by atoms with Gasteiger partial charge >= 0.3 is 0 Å². The minimum Gasteiger partial charge on any atom is -0.331 e. The third-order valence-corrected chi connectivity index (χ3v) is 3.38. The monoisotopic (exact) mass is 216 g/mol. The quantitative estimate of drug-likeness (QED) is 0.533. The fraction of sp³-hybridized carbons (Fsp3) is 1.00. The van der Waals surface area contributed by atoms with Gasteiger partial charge in [-0.05, 0) is 38.9 Å². The number of hydrogen-bond acceptors (Lipinski definition) is 2. The normalized spacial score (nSPS) is 11.8. The highest BCUT2D eigenvalue weighted by Crippen LogP contribution is 1.95. The van der Waals surface area contributed by atoms with E-state index in [1.807, 2.05) is 0 Å². The van der Waals surface area contributed by atoms with Crippen molar-refractivity contribution < 1.29 is 0 Å². The van der Waals surface area contributed by atoms with E-state index in [1.54, 1.807) is 0 Å². The average molecular weight is 216 g/mol. The topological polar surface area (TPSA) is 6.48 Å². The summed E-state index contributed by atoms with van der Waals surface area (Å²) in [5.41, 5.74) is 0. The van der Waals surface area contributed by atoms with Gasteiger partial charge in [0, 0.05) is 13.1 Å². The first-order valence-corrected chi connectivity index (χ1v) is 7.04. The smallest absolute Gasteiger partial charge is 0.0785 e. The lowest BCUT2D eigenvalue weighted by Crippen LogP contribution is -2.35. The fourth-order valence-corrected chi connectivity index (χ4v) is 2.42. The van der Waals surface area contributed by atoms with Gasteiger partial charge < -0.3 is 9.47 Å². The van der Waals surface area contributed by atoms with Crippen LogP contribution in [0.1, 0.15) is 40.0 Å². The van der Waals surface area contributed by atoms with Crippen LogP contribution in [-0.2, 0) is 0 Å².